The van der Waals surface area contributed by atoms with Crippen LogP contribution >= 0.6 is 11.6 Å². The van der Waals surface area contributed by atoms with Crippen LogP contribution in [0, 0.1) is 0 Å². The average Bonchev–Trinajstić information content (AvgIpc) is 2.39. The molecular formula is C15H25ClN2. The van der Waals surface area contributed by atoms with Gasteiger partial charge in [0.2, 0.25) is 0 Å². The second-order valence-electron chi connectivity index (χ2n) is 4.76. The Balaban J connectivity index is 2.31. The first-order chi connectivity index (χ1) is 8.77. The van der Waals surface area contributed by atoms with Gasteiger partial charge < -0.3 is 11.1 Å². The number of nitrogens with two attached hydrogens (primary N) is 1. The molecule has 1 aromatic rings. The molecule has 1 rings (SSSR count). The van der Waals surface area contributed by atoms with E-state index < -0.39 is 0 Å². The highest BCUT2D eigenvalue weighted by atomic mass is 35.5. The van der Waals surface area contributed by atoms with Gasteiger partial charge in [-0.2, -0.15) is 0 Å². The largest absolute Gasteiger partial charge is 0.380 e. The summed E-state index contributed by atoms with van der Waals surface area (Å²) in [5.41, 5.74) is 6.80. The number of rotatable bonds is 9. The van der Waals surface area contributed by atoms with E-state index in [2.05, 4.69) is 12.2 Å². The van der Waals surface area contributed by atoms with Crippen molar-refractivity contribution in [2.75, 3.05) is 11.9 Å². The molecule has 1 atom stereocenters. The van der Waals surface area contributed by atoms with E-state index in [1.165, 1.54) is 32.1 Å². The highest BCUT2D eigenvalue weighted by Gasteiger charge is 2.07. The third-order valence-corrected chi connectivity index (χ3v) is 3.50. The van der Waals surface area contributed by atoms with Crippen molar-refractivity contribution in [2.24, 2.45) is 5.73 Å². The summed E-state index contributed by atoms with van der Waals surface area (Å²) in [6.45, 7) is 2.89. The van der Waals surface area contributed by atoms with Crippen LogP contribution in [0.3, 0.4) is 0 Å². The number of hydrogen-bond acceptors (Lipinski definition) is 2. The molecule has 0 heterocycles. The predicted octanol–water partition coefficient (Wildman–Crippen LogP) is 4.44. The molecule has 0 spiro atoms. The Bertz CT molecular complexity index is 328. The summed E-state index contributed by atoms with van der Waals surface area (Å²) in [5.74, 6) is 0. The van der Waals surface area contributed by atoms with Gasteiger partial charge in [-0.05, 0) is 18.6 Å². The standard InChI is InChI=1S/C15H25ClN2/c1-2-3-4-5-6-9-13(12-17)18-15-11-8-7-10-14(15)16/h7-8,10-11,13,18H,2-6,9,12,17H2,1H3. The van der Waals surface area contributed by atoms with Gasteiger partial charge in [0.25, 0.3) is 0 Å². The molecule has 0 saturated carbocycles. The molecule has 0 saturated heterocycles. The van der Waals surface area contributed by atoms with Gasteiger partial charge in [-0.25, -0.2) is 0 Å². The maximum Gasteiger partial charge on any atom is 0.0637 e. The summed E-state index contributed by atoms with van der Waals surface area (Å²) in [6, 6.07) is 8.16. The molecule has 1 unspecified atom stereocenters. The fourth-order valence-corrected chi connectivity index (χ4v) is 2.23. The molecular weight excluding hydrogens is 244 g/mol. The molecule has 0 aliphatic carbocycles. The Hall–Kier alpha value is -0.730. The van der Waals surface area contributed by atoms with Crippen molar-refractivity contribution < 1.29 is 0 Å². The Morgan fingerprint density at radius 3 is 2.56 bits per heavy atom. The number of hydrogen-bond donors (Lipinski definition) is 2. The second-order valence-corrected chi connectivity index (χ2v) is 5.17. The Morgan fingerprint density at radius 1 is 1.17 bits per heavy atom. The lowest BCUT2D eigenvalue weighted by Gasteiger charge is -2.18. The molecule has 0 amide bonds. The van der Waals surface area contributed by atoms with E-state index in [9.17, 15) is 0 Å². The van der Waals surface area contributed by atoms with Gasteiger partial charge >= 0.3 is 0 Å². The number of anilines is 1. The minimum Gasteiger partial charge on any atom is -0.380 e. The zero-order valence-corrected chi connectivity index (χ0v) is 12.0. The van der Waals surface area contributed by atoms with Gasteiger partial charge in [-0.3, -0.25) is 0 Å². The topological polar surface area (TPSA) is 38.0 Å². The summed E-state index contributed by atoms with van der Waals surface area (Å²) in [4.78, 5) is 0. The normalized spacial score (nSPS) is 12.4. The van der Waals surface area contributed by atoms with Gasteiger partial charge in [0, 0.05) is 12.6 Å². The molecule has 0 bridgehead atoms. The van der Waals surface area contributed by atoms with E-state index >= 15 is 0 Å². The Kier molecular flexibility index (Phi) is 7.86. The van der Waals surface area contributed by atoms with Crippen LogP contribution in [0.15, 0.2) is 24.3 Å². The van der Waals surface area contributed by atoms with Crippen LogP contribution in [0.5, 0.6) is 0 Å². The Labute approximate surface area is 116 Å². The molecule has 0 aliphatic rings. The van der Waals surface area contributed by atoms with Crippen LogP contribution in [0.4, 0.5) is 5.69 Å². The summed E-state index contributed by atoms with van der Waals surface area (Å²) in [7, 11) is 0. The summed E-state index contributed by atoms with van der Waals surface area (Å²) >= 11 is 6.12. The maximum absolute atomic E-state index is 6.12. The van der Waals surface area contributed by atoms with Crippen molar-refractivity contribution in [3.05, 3.63) is 29.3 Å². The molecule has 18 heavy (non-hydrogen) atoms. The number of halogens is 1. The zero-order valence-electron chi connectivity index (χ0n) is 11.3. The molecule has 0 radical (unpaired) electrons. The lowest BCUT2D eigenvalue weighted by molar-refractivity contribution is 0.564. The van der Waals surface area contributed by atoms with Crippen LogP contribution in [-0.2, 0) is 0 Å². The average molecular weight is 269 g/mol. The summed E-state index contributed by atoms with van der Waals surface area (Å²) in [6.07, 6.45) is 7.61. The van der Waals surface area contributed by atoms with E-state index in [4.69, 9.17) is 17.3 Å². The SMILES string of the molecule is CCCCCCCC(CN)Nc1ccccc1Cl. The van der Waals surface area contributed by atoms with Crippen molar-refractivity contribution in [2.45, 2.75) is 51.5 Å². The zero-order chi connectivity index (χ0) is 13.2. The van der Waals surface area contributed by atoms with Crippen molar-refractivity contribution in [1.82, 2.24) is 0 Å². The Morgan fingerprint density at radius 2 is 1.89 bits per heavy atom. The molecule has 2 nitrogen and oxygen atoms in total. The van der Waals surface area contributed by atoms with E-state index in [0.717, 1.165) is 17.1 Å². The van der Waals surface area contributed by atoms with Crippen molar-refractivity contribution in [3.8, 4) is 0 Å². The number of unbranched alkanes of at least 4 members (excludes halogenated alkanes) is 4. The first-order valence-corrected chi connectivity index (χ1v) is 7.36. The molecule has 3 heteroatoms. The highest BCUT2D eigenvalue weighted by Crippen LogP contribution is 2.22. The van der Waals surface area contributed by atoms with Gasteiger partial charge in [-0.1, -0.05) is 62.8 Å². The first-order valence-electron chi connectivity index (χ1n) is 6.99. The van der Waals surface area contributed by atoms with E-state index in [-0.39, 0.29) is 0 Å². The van der Waals surface area contributed by atoms with E-state index in [1.54, 1.807) is 0 Å². The van der Waals surface area contributed by atoms with Gasteiger partial charge in [0.1, 0.15) is 0 Å². The van der Waals surface area contributed by atoms with Gasteiger partial charge in [-0.15, -0.1) is 0 Å². The van der Waals surface area contributed by atoms with Crippen LogP contribution < -0.4 is 11.1 Å². The number of benzene rings is 1. The van der Waals surface area contributed by atoms with Gasteiger partial charge in [0.05, 0.1) is 10.7 Å². The van der Waals surface area contributed by atoms with E-state index in [1.807, 2.05) is 24.3 Å². The van der Waals surface area contributed by atoms with Crippen LogP contribution in [0.25, 0.3) is 0 Å². The fourth-order valence-electron chi connectivity index (χ4n) is 2.04. The summed E-state index contributed by atoms with van der Waals surface area (Å²) in [5, 5.41) is 4.20. The fraction of sp³-hybridized carbons (Fsp3) is 0.600. The molecule has 0 aromatic heterocycles. The molecule has 3 N–H and O–H groups in total. The monoisotopic (exact) mass is 268 g/mol. The minimum atomic E-state index is 0.325. The minimum absolute atomic E-state index is 0.325. The van der Waals surface area contributed by atoms with E-state index in [0.29, 0.717) is 12.6 Å². The predicted molar refractivity (Wildman–Crippen MR) is 81.3 cm³/mol. The third kappa shape index (κ3) is 5.74. The molecule has 1 aromatic carbocycles. The quantitative estimate of drug-likeness (QED) is 0.650. The number of nitrogens with one attached hydrogen (secondary N) is 1. The van der Waals surface area contributed by atoms with Crippen LogP contribution in [0.2, 0.25) is 5.02 Å². The van der Waals surface area contributed by atoms with Crippen molar-refractivity contribution in [1.29, 1.82) is 0 Å². The molecule has 102 valence electrons. The first kappa shape index (κ1) is 15.3. The third-order valence-electron chi connectivity index (χ3n) is 3.17. The lowest BCUT2D eigenvalue weighted by Crippen LogP contribution is -2.28. The maximum atomic E-state index is 6.12. The van der Waals surface area contributed by atoms with Crippen LogP contribution in [-0.4, -0.2) is 12.6 Å². The molecule has 0 aliphatic heterocycles. The van der Waals surface area contributed by atoms with Crippen molar-refractivity contribution in [3.63, 3.8) is 0 Å². The second kappa shape index (κ2) is 9.23. The van der Waals surface area contributed by atoms with Crippen LogP contribution in [0.1, 0.15) is 45.4 Å². The van der Waals surface area contributed by atoms with Crippen molar-refractivity contribution >= 4 is 17.3 Å². The highest BCUT2D eigenvalue weighted by molar-refractivity contribution is 6.33. The number of para-hydroxylation sites is 1. The molecule has 0 fully saturated rings. The smallest absolute Gasteiger partial charge is 0.0637 e. The van der Waals surface area contributed by atoms with Gasteiger partial charge in [0.15, 0.2) is 0 Å². The summed E-state index contributed by atoms with van der Waals surface area (Å²) < 4.78 is 0. The lowest BCUT2D eigenvalue weighted by atomic mass is 10.1.